The molecule has 2 unspecified atom stereocenters. The fraction of sp³-hybridized carbons (Fsp3) is 0.692. The lowest BCUT2D eigenvalue weighted by Gasteiger charge is -2.28. The molecular formula is C13H22BrNO. The molecule has 2 atom stereocenters. The first-order chi connectivity index (χ1) is 7.30. The van der Waals surface area contributed by atoms with E-state index in [2.05, 4.69) is 55.9 Å². The third-order valence-corrected chi connectivity index (χ3v) is 3.66. The van der Waals surface area contributed by atoms with E-state index in [9.17, 15) is 0 Å². The summed E-state index contributed by atoms with van der Waals surface area (Å²) < 4.78 is 6.31. The molecule has 92 valence electrons. The monoisotopic (exact) mass is 287 g/mol. The molecule has 1 N–H and O–H groups in total. The summed E-state index contributed by atoms with van der Waals surface area (Å²) in [7, 11) is 0. The van der Waals surface area contributed by atoms with E-state index in [-0.39, 0.29) is 6.04 Å². The second-order valence-electron chi connectivity index (χ2n) is 5.54. The van der Waals surface area contributed by atoms with Crippen molar-refractivity contribution in [3.63, 3.8) is 0 Å². The SMILES string of the molecule is CC(NCC(C)C(C)(C)C)c1ccc(Br)o1. The van der Waals surface area contributed by atoms with Gasteiger partial charge in [-0.05, 0) is 52.9 Å². The molecule has 0 aliphatic heterocycles. The highest BCUT2D eigenvalue weighted by molar-refractivity contribution is 9.10. The second kappa shape index (κ2) is 5.37. The van der Waals surface area contributed by atoms with Gasteiger partial charge in [0.2, 0.25) is 0 Å². The van der Waals surface area contributed by atoms with E-state index >= 15 is 0 Å². The summed E-state index contributed by atoms with van der Waals surface area (Å²) in [4.78, 5) is 0. The molecule has 1 rings (SSSR count). The quantitative estimate of drug-likeness (QED) is 0.889. The number of nitrogens with one attached hydrogen (secondary N) is 1. The lowest BCUT2D eigenvalue weighted by Crippen LogP contribution is -2.31. The lowest BCUT2D eigenvalue weighted by molar-refractivity contribution is 0.243. The Bertz CT molecular complexity index is 327. The molecular weight excluding hydrogens is 266 g/mol. The van der Waals surface area contributed by atoms with Crippen molar-refractivity contribution in [2.75, 3.05) is 6.54 Å². The maximum atomic E-state index is 5.52. The number of furan rings is 1. The van der Waals surface area contributed by atoms with Crippen molar-refractivity contribution < 1.29 is 4.42 Å². The predicted octanol–water partition coefficient (Wildman–Crippen LogP) is 4.37. The van der Waals surface area contributed by atoms with Gasteiger partial charge in [0.15, 0.2) is 4.67 Å². The Hall–Kier alpha value is -0.280. The smallest absolute Gasteiger partial charge is 0.169 e. The van der Waals surface area contributed by atoms with Crippen LogP contribution in [0.2, 0.25) is 0 Å². The van der Waals surface area contributed by atoms with Crippen LogP contribution in [0.15, 0.2) is 21.2 Å². The zero-order valence-corrected chi connectivity index (χ0v) is 12.4. The van der Waals surface area contributed by atoms with Crippen LogP contribution < -0.4 is 5.32 Å². The maximum Gasteiger partial charge on any atom is 0.169 e. The van der Waals surface area contributed by atoms with Crippen molar-refractivity contribution in [3.05, 3.63) is 22.6 Å². The van der Waals surface area contributed by atoms with Gasteiger partial charge in [0, 0.05) is 0 Å². The molecule has 0 saturated heterocycles. The summed E-state index contributed by atoms with van der Waals surface area (Å²) in [5.74, 6) is 1.61. The maximum absolute atomic E-state index is 5.52. The molecule has 0 spiro atoms. The van der Waals surface area contributed by atoms with Gasteiger partial charge in [-0.1, -0.05) is 27.7 Å². The first-order valence-electron chi connectivity index (χ1n) is 5.79. The number of hydrogen-bond donors (Lipinski definition) is 1. The van der Waals surface area contributed by atoms with E-state index in [0.29, 0.717) is 11.3 Å². The van der Waals surface area contributed by atoms with E-state index in [1.165, 1.54) is 0 Å². The number of rotatable bonds is 4. The molecule has 0 aliphatic carbocycles. The average Bonchev–Trinajstić information content (AvgIpc) is 2.59. The van der Waals surface area contributed by atoms with Crippen LogP contribution in [-0.4, -0.2) is 6.54 Å². The van der Waals surface area contributed by atoms with Crippen LogP contribution in [0.25, 0.3) is 0 Å². The van der Waals surface area contributed by atoms with Crippen molar-refractivity contribution in [3.8, 4) is 0 Å². The van der Waals surface area contributed by atoms with Gasteiger partial charge in [-0.2, -0.15) is 0 Å². The standard InChI is InChI=1S/C13H22BrNO/c1-9(13(3,4)5)8-15-10(2)11-6-7-12(14)16-11/h6-7,9-10,15H,8H2,1-5H3. The Kier molecular flexibility index (Phi) is 4.62. The molecule has 0 radical (unpaired) electrons. The van der Waals surface area contributed by atoms with Crippen LogP contribution in [0.3, 0.4) is 0 Å². The molecule has 0 saturated carbocycles. The highest BCUT2D eigenvalue weighted by atomic mass is 79.9. The molecule has 1 aromatic rings. The molecule has 16 heavy (non-hydrogen) atoms. The Balaban J connectivity index is 2.44. The van der Waals surface area contributed by atoms with Crippen LogP contribution in [0.5, 0.6) is 0 Å². The van der Waals surface area contributed by atoms with E-state index in [0.717, 1.165) is 17.0 Å². The minimum atomic E-state index is 0.260. The molecule has 2 nitrogen and oxygen atoms in total. The van der Waals surface area contributed by atoms with E-state index in [1.807, 2.05) is 12.1 Å². The van der Waals surface area contributed by atoms with Gasteiger partial charge in [0.1, 0.15) is 5.76 Å². The summed E-state index contributed by atoms with van der Waals surface area (Å²) in [5, 5.41) is 3.50. The third kappa shape index (κ3) is 3.95. The number of hydrogen-bond acceptors (Lipinski definition) is 2. The molecule has 0 bridgehead atoms. The molecule has 1 heterocycles. The Morgan fingerprint density at radius 3 is 2.38 bits per heavy atom. The average molecular weight is 288 g/mol. The van der Waals surface area contributed by atoms with Crippen molar-refractivity contribution >= 4 is 15.9 Å². The van der Waals surface area contributed by atoms with E-state index in [1.54, 1.807) is 0 Å². The highest BCUT2D eigenvalue weighted by Crippen LogP contribution is 2.26. The molecule has 0 aliphatic rings. The zero-order valence-electron chi connectivity index (χ0n) is 10.8. The van der Waals surface area contributed by atoms with Gasteiger partial charge >= 0.3 is 0 Å². The Labute approximate surface area is 107 Å². The van der Waals surface area contributed by atoms with Crippen LogP contribution in [0.4, 0.5) is 0 Å². The summed E-state index contributed by atoms with van der Waals surface area (Å²) in [6.07, 6.45) is 0. The predicted molar refractivity (Wildman–Crippen MR) is 71.4 cm³/mol. The second-order valence-corrected chi connectivity index (χ2v) is 6.32. The van der Waals surface area contributed by atoms with Crippen LogP contribution in [-0.2, 0) is 0 Å². The van der Waals surface area contributed by atoms with Gasteiger partial charge in [0.25, 0.3) is 0 Å². The first-order valence-corrected chi connectivity index (χ1v) is 6.58. The van der Waals surface area contributed by atoms with Gasteiger partial charge in [-0.3, -0.25) is 0 Å². The summed E-state index contributed by atoms with van der Waals surface area (Å²) >= 11 is 3.32. The minimum absolute atomic E-state index is 0.260. The van der Waals surface area contributed by atoms with Gasteiger partial charge < -0.3 is 9.73 Å². The van der Waals surface area contributed by atoms with Gasteiger partial charge in [0.05, 0.1) is 6.04 Å². The fourth-order valence-corrected chi connectivity index (χ4v) is 1.64. The van der Waals surface area contributed by atoms with Crippen molar-refractivity contribution in [1.82, 2.24) is 5.32 Å². The normalized spacial score (nSPS) is 16.1. The van der Waals surface area contributed by atoms with Crippen LogP contribution in [0.1, 0.15) is 46.4 Å². The highest BCUT2D eigenvalue weighted by Gasteiger charge is 2.20. The van der Waals surface area contributed by atoms with Crippen molar-refractivity contribution in [1.29, 1.82) is 0 Å². The molecule has 0 aromatic carbocycles. The largest absolute Gasteiger partial charge is 0.453 e. The van der Waals surface area contributed by atoms with E-state index < -0.39 is 0 Å². The van der Waals surface area contributed by atoms with Crippen LogP contribution >= 0.6 is 15.9 Å². The molecule has 3 heteroatoms. The topological polar surface area (TPSA) is 25.2 Å². The lowest BCUT2D eigenvalue weighted by atomic mass is 9.82. The summed E-state index contributed by atoms with van der Waals surface area (Å²) in [6.45, 7) is 12.2. The van der Waals surface area contributed by atoms with Crippen molar-refractivity contribution in [2.24, 2.45) is 11.3 Å². The Morgan fingerprint density at radius 1 is 1.31 bits per heavy atom. The number of halogens is 1. The third-order valence-electron chi connectivity index (χ3n) is 3.23. The molecule has 1 aromatic heterocycles. The van der Waals surface area contributed by atoms with Gasteiger partial charge in [-0.25, -0.2) is 0 Å². The van der Waals surface area contributed by atoms with E-state index in [4.69, 9.17) is 4.42 Å². The first kappa shape index (κ1) is 13.8. The fourth-order valence-electron chi connectivity index (χ4n) is 1.32. The summed E-state index contributed by atoms with van der Waals surface area (Å²) in [6, 6.07) is 4.20. The van der Waals surface area contributed by atoms with Gasteiger partial charge in [-0.15, -0.1) is 0 Å². The minimum Gasteiger partial charge on any atom is -0.453 e. The molecule has 0 amide bonds. The Morgan fingerprint density at radius 2 is 1.94 bits per heavy atom. The van der Waals surface area contributed by atoms with Crippen molar-refractivity contribution in [2.45, 2.75) is 40.7 Å². The van der Waals surface area contributed by atoms with Crippen LogP contribution in [0, 0.1) is 11.3 Å². The summed E-state index contributed by atoms with van der Waals surface area (Å²) in [5.41, 5.74) is 0.344. The zero-order chi connectivity index (χ0) is 12.3. The molecule has 0 fully saturated rings.